The van der Waals surface area contributed by atoms with E-state index in [-0.39, 0.29) is 23.8 Å². The zero-order valence-corrected chi connectivity index (χ0v) is 9.82. The van der Waals surface area contributed by atoms with Crippen LogP contribution < -0.4 is 10.9 Å². The minimum atomic E-state index is -0.324. The molecule has 0 spiro atoms. The Balaban J connectivity index is 2.64. The van der Waals surface area contributed by atoms with Gasteiger partial charge in [-0.05, 0) is 6.07 Å². The minimum Gasteiger partial charge on any atom is -0.359 e. The Morgan fingerprint density at radius 2 is 2.18 bits per heavy atom. The summed E-state index contributed by atoms with van der Waals surface area (Å²) >= 11 is 0. The van der Waals surface area contributed by atoms with Crippen LogP contribution in [0.3, 0.4) is 0 Å². The fourth-order valence-corrected chi connectivity index (χ4v) is 1.29. The fraction of sp³-hybridized carbons (Fsp3) is 0.364. The SMILES string of the molecule is CNC(=O)CCN(C)C(=O)c1cc[nH]c(=O)c1. The van der Waals surface area contributed by atoms with Crippen molar-refractivity contribution in [1.82, 2.24) is 15.2 Å². The maximum atomic E-state index is 11.8. The Morgan fingerprint density at radius 3 is 2.76 bits per heavy atom. The van der Waals surface area contributed by atoms with Gasteiger partial charge in [-0.3, -0.25) is 14.4 Å². The molecule has 17 heavy (non-hydrogen) atoms. The molecule has 0 atom stereocenters. The molecule has 6 nitrogen and oxygen atoms in total. The smallest absolute Gasteiger partial charge is 0.253 e. The molecule has 1 rings (SSSR count). The average molecular weight is 237 g/mol. The van der Waals surface area contributed by atoms with E-state index < -0.39 is 0 Å². The van der Waals surface area contributed by atoms with Crippen molar-refractivity contribution in [2.45, 2.75) is 6.42 Å². The maximum absolute atomic E-state index is 11.8. The number of amides is 2. The molecular formula is C11H15N3O3. The van der Waals surface area contributed by atoms with Gasteiger partial charge >= 0.3 is 0 Å². The number of carbonyl (C=O) groups is 2. The zero-order chi connectivity index (χ0) is 12.8. The van der Waals surface area contributed by atoms with Crippen LogP contribution in [0.15, 0.2) is 23.1 Å². The predicted octanol–water partition coefficient (Wildman–Crippen LogP) is -0.417. The third-order valence-corrected chi connectivity index (χ3v) is 2.32. The summed E-state index contributed by atoms with van der Waals surface area (Å²) in [6, 6.07) is 2.76. The molecule has 0 unspecified atom stereocenters. The van der Waals surface area contributed by atoms with Gasteiger partial charge in [0.1, 0.15) is 0 Å². The lowest BCUT2D eigenvalue weighted by Crippen LogP contribution is -2.31. The van der Waals surface area contributed by atoms with E-state index in [0.717, 1.165) is 0 Å². The predicted molar refractivity (Wildman–Crippen MR) is 62.7 cm³/mol. The molecule has 92 valence electrons. The molecule has 2 amide bonds. The molecule has 1 aromatic heterocycles. The molecule has 0 aliphatic carbocycles. The molecule has 1 heterocycles. The summed E-state index contributed by atoms with van der Waals surface area (Å²) in [5.74, 6) is -0.407. The van der Waals surface area contributed by atoms with Gasteiger partial charge in [0.2, 0.25) is 11.5 Å². The first-order chi connectivity index (χ1) is 8.04. The third-order valence-electron chi connectivity index (χ3n) is 2.32. The normalized spacial score (nSPS) is 9.76. The van der Waals surface area contributed by atoms with Crippen LogP contribution in [0.4, 0.5) is 0 Å². The molecular weight excluding hydrogens is 222 g/mol. The molecule has 0 aliphatic heterocycles. The van der Waals surface area contributed by atoms with Crippen LogP contribution in [-0.4, -0.2) is 42.3 Å². The van der Waals surface area contributed by atoms with Crippen molar-refractivity contribution in [3.05, 3.63) is 34.2 Å². The van der Waals surface area contributed by atoms with Crippen LogP contribution in [0.2, 0.25) is 0 Å². The number of aromatic nitrogens is 1. The number of hydrogen-bond acceptors (Lipinski definition) is 3. The summed E-state index contributed by atoms with van der Waals surface area (Å²) in [6.07, 6.45) is 1.66. The van der Waals surface area contributed by atoms with Crippen LogP contribution in [0.5, 0.6) is 0 Å². The number of H-pyrrole nitrogens is 1. The maximum Gasteiger partial charge on any atom is 0.253 e. The van der Waals surface area contributed by atoms with Crippen LogP contribution in [0.1, 0.15) is 16.8 Å². The van der Waals surface area contributed by atoms with E-state index in [9.17, 15) is 14.4 Å². The molecule has 0 bridgehead atoms. The van der Waals surface area contributed by atoms with Crippen LogP contribution in [0, 0.1) is 0 Å². The van der Waals surface area contributed by atoms with Gasteiger partial charge in [0.05, 0.1) is 0 Å². The number of rotatable bonds is 4. The van der Waals surface area contributed by atoms with E-state index in [1.165, 1.54) is 23.2 Å². The standard InChI is InChI=1S/C11H15N3O3/c1-12-9(15)4-6-14(2)11(17)8-3-5-13-10(16)7-8/h3,5,7H,4,6H2,1-2H3,(H,12,15)(H,13,16). The Morgan fingerprint density at radius 1 is 1.47 bits per heavy atom. The van der Waals surface area contributed by atoms with Gasteiger partial charge in [-0.1, -0.05) is 0 Å². The van der Waals surface area contributed by atoms with Gasteiger partial charge < -0.3 is 15.2 Å². The quantitative estimate of drug-likeness (QED) is 0.746. The molecule has 0 saturated carbocycles. The Hall–Kier alpha value is -2.11. The van der Waals surface area contributed by atoms with E-state index in [0.29, 0.717) is 12.1 Å². The number of hydrogen-bond donors (Lipinski definition) is 2. The lowest BCUT2D eigenvalue weighted by atomic mass is 10.2. The number of aromatic amines is 1. The second-order valence-electron chi connectivity index (χ2n) is 3.59. The lowest BCUT2D eigenvalue weighted by Gasteiger charge is -2.16. The average Bonchev–Trinajstić information content (AvgIpc) is 2.34. The highest BCUT2D eigenvalue weighted by molar-refractivity contribution is 5.94. The van der Waals surface area contributed by atoms with Crippen molar-refractivity contribution in [2.24, 2.45) is 0 Å². The van der Waals surface area contributed by atoms with Crippen LogP contribution >= 0.6 is 0 Å². The van der Waals surface area contributed by atoms with Crippen molar-refractivity contribution in [3.8, 4) is 0 Å². The van der Waals surface area contributed by atoms with Crippen molar-refractivity contribution in [2.75, 3.05) is 20.6 Å². The molecule has 0 saturated heterocycles. The largest absolute Gasteiger partial charge is 0.359 e. The molecule has 0 fully saturated rings. The second kappa shape index (κ2) is 5.83. The topological polar surface area (TPSA) is 82.3 Å². The number of pyridine rings is 1. The molecule has 0 radical (unpaired) electrons. The number of nitrogens with one attached hydrogen (secondary N) is 2. The van der Waals surface area contributed by atoms with Gasteiger partial charge in [0, 0.05) is 44.9 Å². The summed E-state index contributed by atoms with van der Waals surface area (Å²) in [6.45, 7) is 0.311. The van der Waals surface area contributed by atoms with E-state index in [4.69, 9.17) is 0 Å². The minimum absolute atomic E-state index is 0.129. The molecule has 0 aromatic carbocycles. The van der Waals surface area contributed by atoms with Gasteiger partial charge in [-0.15, -0.1) is 0 Å². The third kappa shape index (κ3) is 3.75. The van der Waals surface area contributed by atoms with Gasteiger partial charge in [-0.2, -0.15) is 0 Å². The van der Waals surface area contributed by atoms with E-state index in [2.05, 4.69) is 10.3 Å². The molecule has 6 heteroatoms. The van der Waals surface area contributed by atoms with Gasteiger partial charge in [-0.25, -0.2) is 0 Å². The highest BCUT2D eigenvalue weighted by Crippen LogP contribution is 2.00. The molecule has 1 aromatic rings. The highest BCUT2D eigenvalue weighted by Gasteiger charge is 2.12. The first-order valence-corrected chi connectivity index (χ1v) is 5.19. The molecule has 0 aliphatic rings. The summed E-state index contributed by atoms with van der Waals surface area (Å²) in [5.41, 5.74) is -0.0105. The summed E-state index contributed by atoms with van der Waals surface area (Å²) < 4.78 is 0. The Bertz CT molecular complexity index is 467. The molecule has 2 N–H and O–H groups in total. The van der Waals surface area contributed by atoms with Crippen LogP contribution in [0.25, 0.3) is 0 Å². The number of carbonyl (C=O) groups excluding carboxylic acids is 2. The summed E-state index contributed by atoms with van der Waals surface area (Å²) in [4.78, 5) is 37.7. The number of nitrogens with zero attached hydrogens (tertiary/aromatic N) is 1. The zero-order valence-electron chi connectivity index (χ0n) is 9.82. The Labute approximate surface area is 98.6 Å². The summed E-state index contributed by atoms with van der Waals surface area (Å²) in [5, 5.41) is 2.48. The van der Waals surface area contributed by atoms with E-state index in [1.807, 2.05) is 0 Å². The second-order valence-corrected chi connectivity index (χ2v) is 3.59. The fourth-order valence-electron chi connectivity index (χ4n) is 1.29. The van der Waals surface area contributed by atoms with Crippen molar-refractivity contribution in [3.63, 3.8) is 0 Å². The van der Waals surface area contributed by atoms with Crippen molar-refractivity contribution in [1.29, 1.82) is 0 Å². The highest BCUT2D eigenvalue weighted by atomic mass is 16.2. The van der Waals surface area contributed by atoms with Gasteiger partial charge in [0.15, 0.2) is 0 Å². The monoisotopic (exact) mass is 237 g/mol. The lowest BCUT2D eigenvalue weighted by molar-refractivity contribution is -0.120. The van der Waals surface area contributed by atoms with Crippen LogP contribution in [-0.2, 0) is 4.79 Å². The van der Waals surface area contributed by atoms with Crippen molar-refractivity contribution >= 4 is 11.8 Å². The first kappa shape index (κ1) is 13.0. The van der Waals surface area contributed by atoms with Gasteiger partial charge in [0.25, 0.3) is 5.91 Å². The summed E-state index contributed by atoms with van der Waals surface area (Å²) in [7, 11) is 3.13. The first-order valence-electron chi connectivity index (χ1n) is 5.19. The van der Waals surface area contributed by atoms with Crippen molar-refractivity contribution < 1.29 is 9.59 Å². The Kier molecular flexibility index (Phi) is 4.45. The van der Waals surface area contributed by atoms with E-state index >= 15 is 0 Å². The van der Waals surface area contributed by atoms with E-state index in [1.54, 1.807) is 14.1 Å².